The van der Waals surface area contributed by atoms with Crippen molar-refractivity contribution in [1.29, 1.82) is 0 Å². The molecule has 2 aromatic carbocycles. The monoisotopic (exact) mass is 438 g/mol. The van der Waals surface area contributed by atoms with E-state index >= 15 is 0 Å². The van der Waals surface area contributed by atoms with Gasteiger partial charge in [-0.05, 0) is 36.1 Å². The molecule has 3 rings (SSSR count). The second-order valence-corrected chi connectivity index (χ2v) is 7.38. The van der Waals surface area contributed by atoms with Crippen molar-refractivity contribution in [2.45, 2.75) is 37.4 Å². The molecule has 168 valence electrons. The molecule has 1 amide bonds. The number of rotatable bonds is 8. The first-order valence-electron chi connectivity index (χ1n) is 10.0. The molecule has 1 aliphatic heterocycles. The summed E-state index contributed by atoms with van der Waals surface area (Å²) >= 11 is 0. The van der Waals surface area contributed by atoms with Crippen LogP contribution >= 0.6 is 0 Å². The van der Waals surface area contributed by atoms with Gasteiger partial charge in [0.05, 0.1) is 12.6 Å². The lowest BCUT2D eigenvalue weighted by atomic mass is 9.98. The van der Waals surface area contributed by atoms with E-state index in [-0.39, 0.29) is 18.1 Å². The van der Waals surface area contributed by atoms with Crippen molar-refractivity contribution in [3.63, 3.8) is 0 Å². The molecule has 2 aromatic rings. The molecular weight excluding hydrogens is 413 g/mol. The number of likely N-dealkylation sites (tertiary alicyclic amines) is 1. The first-order valence-corrected chi connectivity index (χ1v) is 10.0. The van der Waals surface area contributed by atoms with Crippen molar-refractivity contribution in [2.24, 2.45) is 0 Å². The SMILES string of the molecule is O=C([C@@H](N[C@H](CO)c1ccccc1)[C@H](O)c1ccc(OC(F)(F)F)cc1)N1CCCC1. The first kappa shape index (κ1) is 23.1. The summed E-state index contributed by atoms with van der Waals surface area (Å²) in [4.78, 5) is 14.8. The molecule has 3 atom stereocenters. The van der Waals surface area contributed by atoms with Gasteiger partial charge in [-0.15, -0.1) is 13.2 Å². The van der Waals surface area contributed by atoms with Gasteiger partial charge >= 0.3 is 6.36 Å². The van der Waals surface area contributed by atoms with Gasteiger partial charge in [0.1, 0.15) is 17.9 Å². The Labute approximate surface area is 178 Å². The molecule has 3 N–H and O–H groups in total. The Bertz CT molecular complexity index is 840. The van der Waals surface area contributed by atoms with E-state index < -0.39 is 30.3 Å². The Morgan fingerprint density at radius 1 is 1.03 bits per heavy atom. The molecular formula is C22H25F3N2O4. The highest BCUT2D eigenvalue weighted by Gasteiger charge is 2.35. The minimum atomic E-state index is -4.82. The molecule has 1 heterocycles. The van der Waals surface area contributed by atoms with Crippen LogP contribution in [0, 0.1) is 0 Å². The topological polar surface area (TPSA) is 82.0 Å². The van der Waals surface area contributed by atoms with Crippen molar-refractivity contribution in [1.82, 2.24) is 10.2 Å². The zero-order chi connectivity index (χ0) is 22.4. The van der Waals surface area contributed by atoms with E-state index in [4.69, 9.17) is 0 Å². The highest BCUT2D eigenvalue weighted by Crippen LogP contribution is 2.27. The number of ether oxygens (including phenoxy) is 1. The fraction of sp³-hybridized carbons (Fsp3) is 0.409. The fourth-order valence-electron chi connectivity index (χ4n) is 3.65. The van der Waals surface area contributed by atoms with Gasteiger partial charge < -0.3 is 19.8 Å². The van der Waals surface area contributed by atoms with Gasteiger partial charge in [0.25, 0.3) is 0 Å². The summed E-state index contributed by atoms with van der Waals surface area (Å²) in [6.07, 6.45) is -4.44. The second-order valence-electron chi connectivity index (χ2n) is 7.38. The third-order valence-corrected chi connectivity index (χ3v) is 5.22. The smallest absolute Gasteiger partial charge is 0.406 e. The Hall–Kier alpha value is -2.62. The van der Waals surface area contributed by atoms with Gasteiger partial charge in [-0.1, -0.05) is 42.5 Å². The Morgan fingerprint density at radius 2 is 1.65 bits per heavy atom. The minimum absolute atomic E-state index is 0.254. The van der Waals surface area contributed by atoms with Crippen molar-refractivity contribution < 1.29 is 32.9 Å². The zero-order valence-electron chi connectivity index (χ0n) is 16.8. The molecule has 0 radical (unpaired) electrons. The van der Waals surface area contributed by atoms with Crippen molar-refractivity contribution >= 4 is 5.91 Å². The molecule has 6 nitrogen and oxygen atoms in total. The number of carbonyl (C=O) groups excluding carboxylic acids is 1. The maximum atomic E-state index is 13.1. The van der Waals surface area contributed by atoms with E-state index in [9.17, 15) is 28.2 Å². The average Bonchev–Trinajstić information content (AvgIpc) is 3.29. The summed E-state index contributed by atoms with van der Waals surface area (Å²) in [6.45, 7) is 0.827. The maximum absolute atomic E-state index is 13.1. The van der Waals surface area contributed by atoms with Gasteiger partial charge in [0, 0.05) is 13.1 Å². The molecule has 0 saturated carbocycles. The van der Waals surface area contributed by atoms with E-state index in [0.717, 1.165) is 30.5 Å². The maximum Gasteiger partial charge on any atom is 0.573 e. The summed E-state index contributed by atoms with van der Waals surface area (Å²) in [5.74, 6) is -0.744. The standard InChI is InChI=1S/C22H25F3N2O4/c23-22(24,25)31-17-10-8-16(9-11-17)20(29)19(21(30)27-12-4-5-13-27)26-18(14-28)15-6-2-1-3-7-15/h1-3,6-11,18-20,26,28-29H,4-5,12-14H2/t18-,19+,20-/m1/s1. The average molecular weight is 438 g/mol. The van der Waals surface area contributed by atoms with Crippen LogP contribution in [-0.2, 0) is 4.79 Å². The summed E-state index contributed by atoms with van der Waals surface area (Å²) in [5, 5.41) is 23.9. The van der Waals surface area contributed by atoms with Crippen LogP contribution in [-0.4, -0.2) is 53.1 Å². The number of hydrogen-bond donors (Lipinski definition) is 3. The van der Waals surface area contributed by atoms with Crippen LogP contribution in [0.4, 0.5) is 13.2 Å². The van der Waals surface area contributed by atoms with Crippen molar-refractivity contribution in [3.05, 3.63) is 65.7 Å². The van der Waals surface area contributed by atoms with E-state index in [1.807, 2.05) is 6.07 Å². The lowest BCUT2D eigenvalue weighted by Gasteiger charge is -2.31. The van der Waals surface area contributed by atoms with Crippen LogP contribution in [0.2, 0.25) is 0 Å². The number of nitrogens with zero attached hydrogens (tertiary/aromatic N) is 1. The lowest BCUT2D eigenvalue weighted by molar-refractivity contribution is -0.274. The second kappa shape index (κ2) is 10.1. The highest BCUT2D eigenvalue weighted by molar-refractivity contribution is 5.83. The largest absolute Gasteiger partial charge is 0.573 e. The molecule has 9 heteroatoms. The van der Waals surface area contributed by atoms with Gasteiger partial charge in [0.2, 0.25) is 5.91 Å². The minimum Gasteiger partial charge on any atom is -0.406 e. The van der Waals surface area contributed by atoms with Gasteiger partial charge in [0.15, 0.2) is 0 Å². The molecule has 0 aromatic heterocycles. The highest BCUT2D eigenvalue weighted by atomic mass is 19.4. The third kappa shape index (κ3) is 6.19. The molecule has 1 aliphatic rings. The zero-order valence-corrected chi connectivity index (χ0v) is 16.8. The molecule has 0 aliphatic carbocycles. The third-order valence-electron chi connectivity index (χ3n) is 5.22. The quantitative estimate of drug-likeness (QED) is 0.591. The number of nitrogens with one attached hydrogen (secondary N) is 1. The Kier molecular flexibility index (Phi) is 7.53. The molecule has 0 unspecified atom stereocenters. The van der Waals surface area contributed by atoms with Crippen LogP contribution < -0.4 is 10.1 Å². The number of amides is 1. The number of alkyl halides is 3. The van der Waals surface area contributed by atoms with E-state index in [1.54, 1.807) is 29.2 Å². The summed E-state index contributed by atoms with van der Waals surface area (Å²) < 4.78 is 41.0. The molecule has 1 fully saturated rings. The van der Waals surface area contributed by atoms with Gasteiger partial charge in [-0.2, -0.15) is 0 Å². The Balaban J connectivity index is 1.83. The summed E-state index contributed by atoms with van der Waals surface area (Å²) in [5.41, 5.74) is 0.995. The number of aliphatic hydroxyl groups excluding tert-OH is 2. The molecule has 31 heavy (non-hydrogen) atoms. The van der Waals surface area contributed by atoms with Crippen molar-refractivity contribution in [2.75, 3.05) is 19.7 Å². The number of benzene rings is 2. The number of aliphatic hydroxyl groups is 2. The summed E-state index contributed by atoms with van der Waals surface area (Å²) in [7, 11) is 0. The van der Waals surface area contributed by atoms with E-state index in [1.165, 1.54) is 12.1 Å². The predicted molar refractivity (Wildman–Crippen MR) is 107 cm³/mol. The number of hydrogen-bond acceptors (Lipinski definition) is 5. The molecule has 0 spiro atoms. The van der Waals surface area contributed by atoms with E-state index in [0.29, 0.717) is 13.1 Å². The van der Waals surface area contributed by atoms with E-state index in [2.05, 4.69) is 10.1 Å². The van der Waals surface area contributed by atoms with Crippen LogP contribution in [0.15, 0.2) is 54.6 Å². The van der Waals surface area contributed by atoms with Crippen molar-refractivity contribution in [3.8, 4) is 5.75 Å². The molecule has 0 bridgehead atoms. The number of halogens is 3. The van der Waals surface area contributed by atoms with Gasteiger partial charge in [-0.25, -0.2) is 0 Å². The van der Waals surface area contributed by atoms with Crippen LogP contribution in [0.1, 0.15) is 36.1 Å². The van der Waals surface area contributed by atoms with Crippen LogP contribution in [0.5, 0.6) is 5.75 Å². The van der Waals surface area contributed by atoms with Gasteiger partial charge in [-0.3, -0.25) is 10.1 Å². The Morgan fingerprint density at radius 3 is 2.19 bits per heavy atom. The fourth-order valence-corrected chi connectivity index (χ4v) is 3.65. The van der Waals surface area contributed by atoms with Crippen LogP contribution in [0.3, 0.4) is 0 Å². The summed E-state index contributed by atoms with van der Waals surface area (Å²) in [6, 6.07) is 12.0. The molecule has 1 saturated heterocycles. The predicted octanol–water partition coefficient (Wildman–Crippen LogP) is 2.93. The first-order chi connectivity index (χ1) is 14.8. The number of carbonyl (C=O) groups is 1. The van der Waals surface area contributed by atoms with Crippen LogP contribution in [0.25, 0.3) is 0 Å². The lowest BCUT2D eigenvalue weighted by Crippen LogP contribution is -2.50. The normalized spacial score (nSPS) is 17.3.